The Balaban J connectivity index is 1.13. The molecule has 0 amide bonds. The fourth-order valence-electron chi connectivity index (χ4n) is 7.62. The molecule has 1 aromatic heterocycles. The van der Waals surface area contributed by atoms with Gasteiger partial charge in [-0.25, -0.2) is 0 Å². The van der Waals surface area contributed by atoms with Gasteiger partial charge in [0.1, 0.15) is 0 Å². The third-order valence-electron chi connectivity index (χ3n) is 9.75. The van der Waals surface area contributed by atoms with Crippen LogP contribution in [-0.4, -0.2) is 0 Å². The highest BCUT2D eigenvalue weighted by Gasteiger charge is 2.26. The molecule has 1 aliphatic rings. The van der Waals surface area contributed by atoms with Gasteiger partial charge in [0.15, 0.2) is 0 Å². The van der Waals surface area contributed by atoms with Gasteiger partial charge in [0, 0.05) is 30.3 Å². The summed E-state index contributed by atoms with van der Waals surface area (Å²) >= 11 is 3.96. The second kappa shape index (κ2) is 10.3. The summed E-state index contributed by atoms with van der Waals surface area (Å²) in [6.45, 7) is 0. The van der Waals surface area contributed by atoms with Crippen molar-refractivity contribution < 1.29 is 0 Å². The van der Waals surface area contributed by atoms with Crippen LogP contribution in [0.25, 0.3) is 74.7 Å². The number of thioether (sulfide) groups is 1. The molecule has 0 bridgehead atoms. The average molecular weight is 621 g/mol. The predicted molar refractivity (Wildman–Crippen MR) is 201 cm³/mol. The Morgan fingerprint density at radius 1 is 0.435 bits per heavy atom. The number of hydrogen-bond acceptors (Lipinski definition) is 2. The molecular weight excluding hydrogens is 593 g/mol. The van der Waals surface area contributed by atoms with Crippen molar-refractivity contribution in [3.05, 3.63) is 163 Å². The molecular formula is C44H28S2. The van der Waals surface area contributed by atoms with Gasteiger partial charge in [0.25, 0.3) is 0 Å². The maximum atomic E-state index is 2.50. The van der Waals surface area contributed by atoms with Gasteiger partial charge in [-0.05, 0) is 96.4 Å². The molecule has 0 fully saturated rings. The zero-order valence-corrected chi connectivity index (χ0v) is 26.7. The van der Waals surface area contributed by atoms with E-state index in [0.717, 1.165) is 6.42 Å². The molecule has 0 N–H and O–H groups in total. The summed E-state index contributed by atoms with van der Waals surface area (Å²) in [4.78, 5) is 1.44. The van der Waals surface area contributed by atoms with Gasteiger partial charge in [0.05, 0.1) is 0 Å². The summed E-state index contributed by atoms with van der Waals surface area (Å²) in [5.41, 5.74) is 8.07. The van der Waals surface area contributed by atoms with Crippen LogP contribution in [0.3, 0.4) is 0 Å². The van der Waals surface area contributed by atoms with Crippen LogP contribution in [0.5, 0.6) is 0 Å². The van der Waals surface area contributed by atoms with Gasteiger partial charge in [-0.2, -0.15) is 0 Å². The fourth-order valence-corrected chi connectivity index (χ4v) is 10.1. The van der Waals surface area contributed by atoms with Gasteiger partial charge in [-0.3, -0.25) is 0 Å². The monoisotopic (exact) mass is 620 g/mol. The van der Waals surface area contributed by atoms with Gasteiger partial charge >= 0.3 is 0 Å². The second-order valence-electron chi connectivity index (χ2n) is 12.4. The summed E-state index contributed by atoms with van der Waals surface area (Å²) in [7, 11) is 0. The Morgan fingerprint density at radius 3 is 1.80 bits per heavy atom. The molecule has 9 aromatic rings. The van der Waals surface area contributed by atoms with Crippen LogP contribution in [0.1, 0.15) is 16.4 Å². The Bertz CT molecular complexity index is 2590. The Hall–Kier alpha value is -4.89. The highest BCUT2D eigenvalue weighted by molar-refractivity contribution is 7.99. The molecule has 2 heterocycles. The van der Waals surface area contributed by atoms with E-state index in [1.807, 2.05) is 23.1 Å². The molecule has 8 aromatic carbocycles. The summed E-state index contributed by atoms with van der Waals surface area (Å²) < 4.78 is 2.74. The van der Waals surface area contributed by atoms with E-state index in [4.69, 9.17) is 0 Å². The molecule has 46 heavy (non-hydrogen) atoms. The van der Waals surface area contributed by atoms with Crippen molar-refractivity contribution in [3.63, 3.8) is 0 Å². The normalized spacial score (nSPS) is 14.6. The molecule has 0 spiro atoms. The van der Waals surface area contributed by atoms with E-state index in [1.54, 1.807) is 0 Å². The van der Waals surface area contributed by atoms with Crippen LogP contribution in [0.15, 0.2) is 157 Å². The van der Waals surface area contributed by atoms with Gasteiger partial charge in [-0.1, -0.05) is 127 Å². The van der Waals surface area contributed by atoms with E-state index in [0.29, 0.717) is 5.25 Å². The summed E-state index contributed by atoms with van der Waals surface area (Å²) in [5.74, 6) is 0. The molecule has 216 valence electrons. The van der Waals surface area contributed by atoms with Crippen molar-refractivity contribution in [2.75, 3.05) is 0 Å². The third kappa shape index (κ3) is 4.07. The summed E-state index contributed by atoms with van der Waals surface area (Å²) in [6, 6.07) is 56.5. The minimum absolute atomic E-state index is 0.457. The largest absolute Gasteiger partial charge is 0.135 e. The van der Waals surface area contributed by atoms with Gasteiger partial charge in [-0.15, -0.1) is 23.1 Å². The first-order valence-corrected chi connectivity index (χ1v) is 17.6. The topological polar surface area (TPSA) is 0 Å². The quantitative estimate of drug-likeness (QED) is 0.177. The molecule has 0 radical (unpaired) electrons. The Morgan fingerprint density at radius 2 is 1.07 bits per heavy atom. The van der Waals surface area contributed by atoms with E-state index in [2.05, 4.69) is 152 Å². The summed E-state index contributed by atoms with van der Waals surface area (Å²) in [6.07, 6.45) is 1.07. The first kappa shape index (κ1) is 26.3. The summed E-state index contributed by atoms with van der Waals surface area (Å²) in [5, 5.41) is 11.0. The number of benzene rings is 8. The maximum Gasteiger partial charge on any atom is 0.0385 e. The minimum Gasteiger partial charge on any atom is -0.135 e. The molecule has 0 aliphatic carbocycles. The van der Waals surface area contributed by atoms with Crippen LogP contribution in [0.4, 0.5) is 0 Å². The van der Waals surface area contributed by atoms with Crippen LogP contribution in [-0.2, 0) is 6.42 Å². The zero-order chi connectivity index (χ0) is 30.2. The first-order chi connectivity index (χ1) is 22.8. The van der Waals surface area contributed by atoms with Crippen molar-refractivity contribution in [1.29, 1.82) is 0 Å². The molecule has 0 saturated carbocycles. The molecule has 0 saturated heterocycles. The van der Waals surface area contributed by atoms with Crippen LogP contribution in [0, 0.1) is 0 Å². The number of hydrogen-bond donors (Lipinski definition) is 0. The molecule has 0 nitrogen and oxygen atoms in total. The maximum absolute atomic E-state index is 2.50. The molecule has 1 unspecified atom stereocenters. The van der Waals surface area contributed by atoms with E-state index in [1.165, 1.54) is 90.8 Å². The first-order valence-electron chi connectivity index (χ1n) is 15.9. The second-order valence-corrected chi connectivity index (χ2v) is 14.7. The Kier molecular flexibility index (Phi) is 5.91. The minimum atomic E-state index is 0.457. The van der Waals surface area contributed by atoms with E-state index in [-0.39, 0.29) is 0 Å². The highest BCUT2D eigenvalue weighted by Crippen LogP contribution is 2.51. The molecule has 1 atom stereocenters. The predicted octanol–water partition coefficient (Wildman–Crippen LogP) is 13.2. The van der Waals surface area contributed by atoms with Gasteiger partial charge in [0.2, 0.25) is 0 Å². The number of fused-ring (bicyclic) bond motifs is 7. The Labute approximate surface area is 275 Å². The average Bonchev–Trinajstić information content (AvgIpc) is 3.69. The molecule has 1 aliphatic heterocycles. The van der Waals surface area contributed by atoms with Gasteiger partial charge < -0.3 is 0 Å². The van der Waals surface area contributed by atoms with E-state index >= 15 is 0 Å². The van der Waals surface area contributed by atoms with Crippen molar-refractivity contribution in [2.45, 2.75) is 16.6 Å². The third-order valence-corrected chi connectivity index (χ3v) is 12.2. The van der Waals surface area contributed by atoms with Crippen LogP contribution in [0.2, 0.25) is 0 Å². The van der Waals surface area contributed by atoms with Crippen molar-refractivity contribution in [1.82, 2.24) is 0 Å². The van der Waals surface area contributed by atoms with E-state index < -0.39 is 0 Å². The lowest BCUT2D eigenvalue weighted by Crippen LogP contribution is -1.92. The smallest absolute Gasteiger partial charge is 0.0385 e. The number of rotatable bonds is 3. The standard InChI is InChI=1S/C44H28S2/c1-2-11-28(12-3-1)43-33-14-6-8-16-35(33)44(36-17-9-7-15-34(36)43)31-20-21-39-37(23-31)38-24-32-25-40(46-41(32)26-42(38)45-39)30-19-18-27-10-4-5-13-29(27)22-30/h1-24,26,40H,25H2. The lowest BCUT2D eigenvalue weighted by atomic mass is 9.86. The van der Waals surface area contributed by atoms with Crippen LogP contribution >= 0.6 is 23.1 Å². The molecule has 10 rings (SSSR count). The number of thiophene rings is 1. The van der Waals surface area contributed by atoms with Crippen molar-refractivity contribution in [2.24, 2.45) is 0 Å². The van der Waals surface area contributed by atoms with Crippen molar-refractivity contribution >= 4 is 75.6 Å². The lowest BCUT2D eigenvalue weighted by molar-refractivity contribution is 0.954. The van der Waals surface area contributed by atoms with Crippen molar-refractivity contribution in [3.8, 4) is 22.3 Å². The van der Waals surface area contributed by atoms with Crippen LogP contribution < -0.4 is 0 Å². The fraction of sp³-hybridized carbons (Fsp3) is 0.0455. The van der Waals surface area contributed by atoms with E-state index in [9.17, 15) is 0 Å². The highest BCUT2D eigenvalue weighted by atomic mass is 32.2. The lowest BCUT2D eigenvalue weighted by Gasteiger charge is -2.17. The SMILES string of the molecule is c1ccc(-c2c3ccccc3c(-c3ccc4sc5cc6c(cc5c4c3)CC(c3ccc4ccccc4c3)S6)c3ccccc23)cc1. The zero-order valence-electron chi connectivity index (χ0n) is 25.0. The molecule has 2 heteroatoms.